The van der Waals surface area contributed by atoms with Crippen molar-refractivity contribution < 1.29 is 9.59 Å². The van der Waals surface area contributed by atoms with Crippen molar-refractivity contribution in [2.75, 3.05) is 11.1 Å². The van der Waals surface area contributed by atoms with E-state index in [9.17, 15) is 9.59 Å². The lowest BCUT2D eigenvalue weighted by atomic mass is 10.0. The first-order chi connectivity index (χ1) is 16.0. The Morgan fingerprint density at radius 2 is 1.88 bits per heavy atom. The Kier molecular flexibility index (Phi) is 7.05. The molecule has 0 aliphatic heterocycles. The molecule has 0 atom stereocenters. The van der Waals surface area contributed by atoms with Crippen LogP contribution in [-0.2, 0) is 11.3 Å². The van der Waals surface area contributed by atoms with Crippen LogP contribution in [0.1, 0.15) is 29.1 Å². The van der Waals surface area contributed by atoms with Gasteiger partial charge in [-0.1, -0.05) is 54.2 Å². The first kappa shape index (κ1) is 22.9. The van der Waals surface area contributed by atoms with Crippen molar-refractivity contribution in [2.24, 2.45) is 0 Å². The van der Waals surface area contributed by atoms with Gasteiger partial charge in [-0.15, -0.1) is 21.5 Å². The summed E-state index contributed by atoms with van der Waals surface area (Å²) in [5.74, 6) is 0.793. The summed E-state index contributed by atoms with van der Waals surface area (Å²) in [6.45, 7) is 6.36. The number of nitrogens with one attached hydrogen (secondary N) is 1. The smallest absolute Gasteiger partial charge is 0.234 e. The summed E-state index contributed by atoms with van der Waals surface area (Å²) < 4.78 is 2.04. The van der Waals surface area contributed by atoms with Gasteiger partial charge in [-0.05, 0) is 38.5 Å². The number of hydrogen-bond donors (Lipinski definition) is 1. The molecule has 0 fully saturated rings. The van der Waals surface area contributed by atoms with E-state index in [1.165, 1.54) is 29.1 Å². The van der Waals surface area contributed by atoms with Crippen LogP contribution in [0.15, 0.2) is 65.1 Å². The lowest BCUT2D eigenvalue weighted by Gasteiger charge is -2.10. The number of hydrogen-bond acceptors (Lipinski definition) is 6. The minimum atomic E-state index is -0.163. The highest BCUT2D eigenvalue weighted by molar-refractivity contribution is 7.99. The number of anilines is 1. The molecule has 0 radical (unpaired) electrons. The van der Waals surface area contributed by atoms with Crippen LogP contribution in [-0.4, -0.2) is 32.2 Å². The van der Waals surface area contributed by atoms with Crippen LogP contribution >= 0.6 is 23.1 Å². The van der Waals surface area contributed by atoms with Crippen LogP contribution in [0.4, 0.5) is 5.69 Å². The third-order valence-corrected chi connectivity index (χ3v) is 7.07. The molecule has 0 unspecified atom stereocenters. The van der Waals surface area contributed by atoms with Gasteiger partial charge in [0.1, 0.15) is 0 Å². The minimum absolute atomic E-state index is 0.0393. The molecular formula is C25H24N4O2S2. The van der Waals surface area contributed by atoms with E-state index >= 15 is 0 Å². The first-order valence-electron chi connectivity index (χ1n) is 10.6. The van der Waals surface area contributed by atoms with Gasteiger partial charge in [0.2, 0.25) is 5.91 Å². The van der Waals surface area contributed by atoms with Crippen molar-refractivity contribution in [2.45, 2.75) is 32.5 Å². The first-order valence-corrected chi connectivity index (χ1v) is 12.4. The molecule has 2 heterocycles. The Bertz CT molecular complexity index is 1290. The third kappa shape index (κ3) is 5.07. The minimum Gasteiger partial charge on any atom is -0.325 e. The van der Waals surface area contributed by atoms with Crippen LogP contribution in [0, 0.1) is 6.92 Å². The van der Waals surface area contributed by atoms with Crippen molar-refractivity contribution in [3.8, 4) is 22.5 Å². The summed E-state index contributed by atoms with van der Waals surface area (Å²) in [4.78, 5) is 25.3. The van der Waals surface area contributed by atoms with E-state index in [2.05, 4.69) is 40.0 Å². The van der Waals surface area contributed by atoms with Crippen LogP contribution in [0.2, 0.25) is 0 Å². The number of thiophene rings is 1. The van der Waals surface area contributed by atoms with Crippen molar-refractivity contribution in [1.29, 1.82) is 0 Å². The fraction of sp³-hybridized carbons (Fsp3) is 0.200. The summed E-state index contributed by atoms with van der Waals surface area (Å²) in [5, 5.41) is 14.5. The molecule has 1 amide bonds. The third-order valence-electron chi connectivity index (χ3n) is 5.20. The molecule has 168 valence electrons. The van der Waals surface area contributed by atoms with Crippen molar-refractivity contribution in [3.05, 3.63) is 70.4 Å². The highest BCUT2D eigenvalue weighted by Gasteiger charge is 2.20. The van der Waals surface area contributed by atoms with Gasteiger partial charge in [0.25, 0.3) is 0 Å². The molecule has 0 spiro atoms. The second-order valence-electron chi connectivity index (χ2n) is 7.47. The Labute approximate surface area is 201 Å². The summed E-state index contributed by atoms with van der Waals surface area (Å²) in [6, 6.07) is 17.2. The molecule has 8 heteroatoms. The van der Waals surface area contributed by atoms with Crippen molar-refractivity contribution in [1.82, 2.24) is 14.8 Å². The maximum Gasteiger partial charge on any atom is 0.234 e. The Hall–Kier alpha value is -3.23. The Balaban J connectivity index is 1.52. The van der Waals surface area contributed by atoms with Gasteiger partial charge >= 0.3 is 0 Å². The number of rotatable bonds is 8. The number of thioether (sulfide) groups is 1. The Morgan fingerprint density at radius 1 is 1.09 bits per heavy atom. The number of aromatic nitrogens is 3. The predicted octanol–water partition coefficient (Wildman–Crippen LogP) is 5.94. The maximum absolute atomic E-state index is 12.5. The molecule has 0 aliphatic rings. The number of benzene rings is 2. The largest absolute Gasteiger partial charge is 0.325 e. The second kappa shape index (κ2) is 10.1. The molecule has 0 saturated carbocycles. The van der Waals surface area contributed by atoms with Crippen LogP contribution in [0.25, 0.3) is 22.5 Å². The lowest BCUT2D eigenvalue weighted by Crippen LogP contribution is -2.15. The highest BCUT2D eigenvalue weighted by atomic mass is 32.2. The van der Waals surface area contributed by atoms with Crippen LogP contribution < -0.4 is 5.32 Å². The standard InChI is InChI=1S/C25H24N4O2S2/c1-4-29-24(21-14-32-17(3)23(21)18-9-6-5-7-10-18)27-28-25(29)33-15-22(31)26-20-12-8-11-19(13-20)16(2)30/h5-14H,4,15H2,1-3H3,(H,26,31). The number of nitrogens with zero attached hydrogens (tertiary/aromatic N) is 3. The van der Waals surface area contributed by atoms with E-state index in [4.69, 9.17) is 0 Å². The van der Waals surface area contributed by atoms with E-state index in [0.29, 0.717) is 23.0 Å². The zero-order chi connectivity index (χ0) is 23.4. The van der Waals surface area contributed by atoms with Gasteiger partial charge < -0.3 is 9.88 Å². The number of carbonyl (C=O) groups is 2. The average Bonchev–Trinajstić information content (AvgIpc) is 3.41. The molecule has 2 aromatic heterocycles. The van der Waals surface area contributed by atoms with Crippen LogP contribution in [0.3, 0.4) is 0 Å². The van der Waals surface area contributed by atoms with Crippen molar-refractivity contribution in [3.63, 3.8) is 0 Å². The summed E-state index contributed by atoms with van der Waals surface area (Å²) >= 11 is 3.04. The van der Waals surface area contributed by atoms with Gasteiger partial charge in [-0.25, -0.2) is 0 Å². The molecule has 0 bridgehead atoms. The van der Waals surface area contributed by atoms with Gasteiger partial charge in [0.15, 0.2) is 16.8 Å². The number of aryl methyl sites for hydroxylation is 1. The quantitative estimate of drug-likeness (QED) is 0.252. The molecular weight excluding hydrogens is 452 g/mol. The molecule has 0 saturated heterocycles. The zero-order valence-corrected chi connectivity index (χ0v) is 20.3. The fourth-order valence-corrected chi connectivity index (χ4v) is 5.27. The number of ketones is 1. The summed E-state index contributed by atoms with van der Waals surface area (Å²) in [6.07, 6.45) is 0. The Morgan fingerprint density at radius 3 is 2.61 bits per heavy atom. The second-order valence-corrected chi connectivity index (χ2v) is 9.50. The summed E-state index contributed by atoms with van der Waals surface area (Å²) in [5.41, 5.74) is 4.54. The van der Waals surface area contributed by atoms with Gasteiger partial charge in [0.05, 0.1) is 5.75 Å². The molecule has 1 N–H and O–H groups in total. The lowest BCUT2D eigenvalue weighted by molar-refractivity contribution is -0.113. The predicted molar refractivity (Wildman–Crippen MR) is 135 cm³/mol. The average molecular weight is 477 g/mol. The summed E-state index contributed by atoms with van der Waals surface area (Å²) in [7, 11) is 0. The van der Waals surface area contributed by atoms with Crippen LogP contribution in [0.5, 0.6) is 0 Å². The van der Waals surface area contributed by atoms with E-state index in [-0.39, 0.29) is 17.4 Å². The normalized spacial score (nSPS) is 10.9. The van der Waals surface area contributed by atoms with E-state index in [1.54, 1.807) is 35.6 Å². The van der Waals surface area contributed by atoms with Crippen molar-refractivity contribution >= 4 is 40.5 Å². The molecule has 4 rings (SSSR count). The number of amides is 1. The molecule has 4 aromatic rings. The van der Waals surface area contributed by atoms with Gasteiger partial charge in [-0.2, -0.15) is 0 Å². The molecule has 33 heavy (non-hydrogen) atoms. The van der Waals surface area contributed by atoms with Gasteiger partial charge in [-0.3, -0.25) is 9.59 Å². The fourth-order valence-electron chi connectivity index (χ4n) is 3.61. The van der Waals surface area contributed by atoms with E-state index < -0.39 is 0 Å². The molecule has 2 aromatic carbocycles. The molecule has 6 nitrogen and oxygen atoms in total. The monoisotopic (exact) mass is 476 g/mol. The topological polar surface area (TPSA) is 76.9 Å². The van der Waals surface area contributed by atoms with E-state index in [1.807, 2.05) is 29.7 Å². The SMILES string of the molecule is CCn1c(SCC(=O)Nc2cccc(C(C)=O)c2)nnc1-c1csc(C)c1-c1ccccc1. The number of carbonyl (C=O) groups excluding carboxylic acids is 2. The number of Topliss-reactive ketones (excluding diaryl/α,β-unsaturated/α-hetero) is 1. The zero-order valence-electron chi connectivity index (χ0n) is 18.7. The van der Waals surface area contributed by atoms with Gasteiger partial charge in [0, 0.05) is 39.2 Å². The highest BCUT2D eigenvalue weighted by Crippen LogP contribution is 2.39. The van der Waals surface area contributed by atoms with E-state index in [0.717, 1.165) is 17.0 Å². The molecule has 0 aliphatic carbocycles. The maximum atomic E-state index is 12.5.